The highest BCUT2D eigenvalue weighted by molar-refractivity contribution is 5.73. The maximum absolute atomic E-state index is 6.19. The fourth-order valence-corrected chi connectivity index (χ4v) is 2.19. The number of fused-ring (bicyclic) bond motifs is 1. The number of benzene rings is 1. The Morgan fingerprint density at radius 3 is 2.68 bits per heavy atom. The van der Waals surface area contributed by atoms with Gasteiger partial charge in [0.2, 0.25) is 0 Å². The zero-order valence-electron chi connectivity index (χ0n) is 10.8. The van der Waals surface area contributed by atoms with Crippen molar-refractivity contribution in [1.29, 1.82) is 0 Å². The molecule has 2 aromatic heterocycles. The van der Waals surface area contributed by atoms with Crippen molar-refractivity contribution in [3.8, 4) is 5.69 Å². The SMILES string of the molecule is CCC(N)c1nc2cccnc2n1-c1ccccc1. The molecule has 2 heterocycles. The Bertz CT molecular complexity index is 688. The van der Waals surface area contributed by atoms with E-state index in [4.69, 9.17) is 5.73 Å². The van der Waals surface area contributed by atoms with Crippen molar-refractivity contribution in [3.63, 3.8) is 0 Å². The van der Waals surface area contributed by atoms with Crippen LogP contribution in [-0.2, 0) is 0 Å². The van der Waals surface area contributed by atoms with Crippen LogP contribution in [0.2, 0.25) is 0 Å². The van der Waals surface area contributed by atoms with Crippen LogP contribution in [-0.4, -0.2) is 14.5 Å². The second kappa shape index (κ2) is 4.82. The van der Waals surface area contributed by atoms with Crippen molar-refractivity contribution in [1.82, 2.24) is 14.5 Å². The molecule has 3 rings (SSSR count). The molecule has 0 amide bonds. The number of nitrogens with zero attached hydrogens (tertiary/aromatic N) is 3. The minimum absolute atomic E-state index is 0.0885. The largest absolute Gasteiger partial charge is 0.321 e. The number of hydrogen-bond donors (Lipinski definition) is 1. The van der Waals surface area contributed by atoms with Crippen LogP contribution in [0, 0.1) is 0 Å². The lowest BCUT2D eigenvalue weighted by Gasteiger charge is -2.12. The molecule has 4 nitrogen and oxygen atoms in total. The van der Waals surface area contributed by atoms with Gasteiger partial charge in [-0.3, -0.25) is 4.57 Å². The van der Waals surface area contributed by atoms with Gasteiger partial charge in [0.15, 0.2) is 5.65 Å². The normalized spacial score (nSPS) is 12.7. The van der Waals surface area contributed by atoms with E-state index in [0.29, 0.717) is 0 Å². The van der Waals surface area contributed by atoms with Crippen LogP contribution in [0.1, 0.15) is 25.2 Å². The van der Waals surface area contributed by atoms with E-state index in [1.807, 2.05) is 47.0 Å². The van der Waals surface area contributed by atoms with Crippen LogP contribution in [0.5, 0.6) is 0 Å². The molecule has 1 unspecified atom stereocenters. The molecular formula is C15H16N4. The Kier molecular flexibility index (Phi) is 3.01. The first-order valence-corrected chi connectivity index (χ1v) is 6.45. The average Bonchev–Trinajstić information content (AvgIpc) is 2.86. The summed E-state index contributed by atoms with van der Waals surface area (Å²) >= 11 is 0. The second-order valence-corrected chi connectivity index (χ2v) is 4.50. The fourth-order valence-electron chi connectivity index (χ4n) is 2.19. The molecule has 0 radical (unpaired) electrons. The number of para-hydroxylation sites is 1. The van der Waals surface area contributed by atoms with Crippen molar-refractivity contribution in [2.24, 2.45) is 5.73 Å². The molecule has 3 aromatic rings. The zero-order valence-corrected chi connectivity index (χ0v) is 10.8. The van der Waals surface area contributed by atoms with E-state index in [-0.39, 0.29) is 6.04 Å². The Morgan fingerprint density at radius 2 is 1.95 bits per heavy atom. The van der Waals surface area contributed by atoms with Crippen molar-refractivity contribution in [2.75, 3.05) is 0 Å². The number of pyridine rings is 1. The summed E-state index contributed by atoms with van der Waals surface area (Å²) < 4.78 is 2.05. The van der Waals surface area contributed by atoms with Gasteiger partial charge >= 0.3 is 0 Å². The molecule has 0 saturated heterocycles. The summed E-state index contributed by atoms with van der Waals surface area (Å²) in [5, 5.41) is 0. The molecule has 2 N–H and O–H groups in total. The molecule has 4 heteroatoms. The van der Waals surface area contributed by atoms with Crippen molar-refractivity contribution in [2.45, 2.75) is 19.4 Å². The Labute approximate surface area is 111 Å². The van der Waals surface area contributed by atoms with Gasteiger partial charge in [0, 0.05) is 11.9 Å². The van der Waals surface area contributed by atoms with E-state index >= 15 is 0 Å². The molecule has 0 aliphatic rings. The third-order valence-electron chi connectivity index (χ3n) is 3.23. The summed E-state index contributed by atoms with van der Waals surface area (Å²) in [6.07, 6.45) is 2.63. The number of aromatic nitrogens is 3. The molecule has 0 saturated carbocycles. The minimum atomic E-state index is -0.0885. The first kappa shape index (κ1) is 11.9. The molecule has 0 bridgehead atoms. The molecule has 1 atom stereocenters. The summed E-state index contributed by atoms with van der Waals surface area (Å²) in [7, 11) is 0. The quantitative estimate of drug-likeness (QED) is 0.779. The first-order valence-electron chi connectivity index (χ1n) is 6.45. The standard InChI is InChI=1S/C15H16N4/c1-2-12(16)14-18-13-9-6-10-17-15(13)19(14)11-7-4-3-5-8-11/h3-10,12H,2,16H2,1H3. The van der Waals surface area contributed by atoms with E-state index in [1.165, 1.54) is 0 Å². The highest BCUT2D eigenvalue weighted by Crippen LogP contribution is 2.23. The van der Waals surface area contributed by atoms with Gasteiger partial charge in [-0.05, 0) is 30.7 Å². The maximum Gasteiger partial charge on any atom is 0.164 e. The lowest BCUT2D eigenvalue weighted by molar-refractivity contribution is 0.640. The van der Waals surface area contributed by atoms with Crippen LogP contribution in [0.4, 0.5) is 0 Å². The van der Waals surface area contributed by atoms with E-state index < -0.39 is 0 Å². The third kappa shape index (κ3) is 2.00. The zero-order chi connectivity index (χ0) is 13.2. The topological polar surface area (TPSA) is 56.7 Å². The van der Waals surface area contributed by atoms with Gasteiger partial charge in [-0.2, -0.15) is 0 Å². The van der Waals surface area contributed by atoms with Gasteiger partial charge in [-0.25, -0.2) is 9.97 Å². The molecule has 19 heavy (non-hydrogen) atoms. The van der Waals surface area contributed by atoms with Crippen LogP contribution in [0.15, 0.2) is 48.7 Å². The molecule has 0 fully saturated rings. The number of nitrogens with two attached hydrogens (primary N) is 1. The average molecular weight is 252 g/mol. The van der Waals surface area contributed by atoms with Gasteiger partial charge < -0.3 is 5.73 Å². The predicted molar refractivity (Wildman–Crippen MR) is 76.1 cm³/mol. The van der Waals surface area contributed by atoms with Crippen LogP contribution < -0.4 is 5.73 Å². The highest BCUT2D eigenvalue weighted by Gasteiger charge is 2.17. The molecule has 0 aliphatic carbocycles. The molecule has 0 spiro atoms. The maximum atomic E-state index is 6.19. The third-order valence-corrected chi connectivity index (χ3v) is 3.23. The monoisotopic (exact) mass is 252 g/mol. The fraction of sp³-hybridized carbons (Fsp3) is 0.200. The van der Waals surface area contributed by atoms with E-state index in [0.717, 1.165) is 29.1 Å². The van der Waals surface area contributed by atoms with E-state index in [2.05, 4.69) is 16.9 Å². The molecule has 0 aliphatic heterocycles. The molecular weight excluding hydrogens is 236 g/mol. The van der Waals surface area contributed by atoms with E-state index in [1.54, 1.807) is 6.20 Å². The summed E-state index contributed by atoms with van der Waals surface area (Å²) in [6.45, 7) is 2.06. The summed E-state index contributed by atoms with van der Waals surface area (Å²) in [5.41, 5.74) is 8.96. The number of hydrogen-bond acceptors (Lipinski definition) is 3. The second-order valence-electron chi connectivity index (χ2n) is 4.50. The summed E-state index contributed by atoms with van der Waals surface area (Å²) in [4.78, 5) is 9.08. The predicted octanol–water partition coefficient (Wildman–Crippen LogP) is 2.83. The van der Waals surface area contributed by atoms with Crippen LogP contribution >= 0.6 is 0 Å². The van der Waals surface area contributed by atoms with Crippen molar-refractivity contribution >= 4 is 11.2 Å². The summed E-state index contributed by atoms with van der Waals surface area (Å²) in [6, 6.07) is 13.9. The number of rotatable bonds is 3. The lowest BCUT2D eigenvalue weighted by atomic mass is 10.2. The Hall–Kier alpha value is -2.20. The van der Waals surface area contributed by atoms with Crippen LogP contribution in [0.25, 0.3) is 16.9 Å². The highest BCUT2D eigenvalue weighted by atomic mass is 15.1. The minimum Gasteiger partial charge on any atom is -0.321 e. The lowest BCUT2D eigenvalue weighted by Crippen LogP contribution is -2.15. The van der Waals surface area contributed by atoms with Gasteiger partial charge in [-0.1, -0.05) is 25.1 Å². The van der Waals surface area contributed by atoms with Gasteiger partial charge in [0.05, 0.1) is 6.04 Å². The van der Waals surface area contributed by atoms with Crippen molar-refractivity contribution < 1.29 is 0 Å². The smallest absolute Gasteiger partial charge is 0.164 e. The Balaban J connectivity index is 2.31. The van der Waals surface area contributed by atoms with Gasteiger partial charge in [0.25, 0.3) is 0 Å². The number of imidazole rings is 1. The van der Waals surface area contributed by atoms with E-state index in [9.17, 15) is 0 Å². The molecule has 1 aromatic carbocycles. The molecule has 96 valence electrons. The Morgan fingerprint density at radius 1 is 1.16 bits per heavy atom. The van der Waals surface area contributed by atoms with Crippen molar-refractivity contribution in [3.05, 3.63) is 54.5 Å². The summed E-state index contributed by atoms with van der Waals surface area (Å²) in [5.74, 6) is 0.863. The first-order chi connectivity index (χ1) is 9.31. The van der Waals surface area contributed by atoms with Gasteiger partial charge in [0.1, 0.15) is 11.3 Å². The van der Waals surface area contributed by atoms with Gasteiger partial charge in [-0.15, -0.1) is 0 Å². The van der Waals surface area contributed by atoms with Crippen LogP contribution in [0.3, 0.4) is 0 Å².